The first kappa shape index (κ1) is 20.6. The number of aromatic nitrogens is 5. The summed E-state index contributed by atoms with van der Waals surface area (Å²) in [5, 5.41) is 8.53. The van der Waals surface area contributed by atoms with Gasteiger partial charge in [-0.25, -0.2) is 17.9 Å². The zero-order valence-electron chi connectivity index (χ0n) is 17.4. The molecule has 4 aromatic rings. The molecule has 1 atom stereocenters. The van der Waals surface area contributed by atoms with Gasteiger partial charge in [-0.15, -0.1) is 0 Å². The van der Waals surface area contributed by atoms with Crippen LogP contribution in [0.1, 0.15) is 0 Å². The molecule has 1 aliphatic heterocycles. The van der Waals surface area contributed by atoms with E-state index >= 15 is 0 Å². The highest BCUT2D eigenvalue weighted by atomic mass is 32.2. The van der Waals surface area contributed by atoms with Crippen molar-refractivity contribution in [3.05, 3.63) is 55.2 Å². The molecule has 166 valence electrons. The normalized spacial score (nSPS) is 17.0. The molecule has 3 aromatic heterocycles. The molecule has 11 heteroatoms. The fraction of sp³-hybridized carbons (Fsp3) is 0.286. The molecule has 1 fully saturated rings. The Labute approximate surface area is 184 Å². The Morgan fingerprint density at radius 3 is 2.66 bits per heavy atom. The van der Waals surface area contributed by atoms with Crippen molar-refractivity contribution in [1.82, 2.24) is 24.4 Å². The molecule has 1 N–H and O–H groups in total. The summed E-state index contributed by atoms with van der Waals surface area (Å²) in [5.41, 5.74) is 4.88. The van der Waals surface area contributed by atoms with Crippen LogP contribution in [-0.2, 0) is 26.5 Å². The zero-order chi connectivity index (χ0) is 22.1. The predicted octanol–water partition coefficient (Wildman–Crippen LogP) is 1.95. The number of benzene rings is 1. The highest BCUT2D eigenvalue weighted by Crippen LogP contribution is 2.28. The SMILES string of the molecule is Cn1cc(-c2cc3c(-c4ccc(NS(=O)(=O)CC5COCCO5)cc4)ncnn3c2)cn1. The highest BCUT2D eigenvalue weighted by molar-refractivity contribution is 7.92. The second-order valence-electron chi connectivity index (χ2n) is 7.60. The van der Waals surface area contributed by atoms with Gasteiger partial charge in [-0.05, 0) is 18.2 Å². The van der Waals surface area contributed by atoms with Crippen LogP contribution in [0.25, 0.3) is 27.9 Å². The maximum Gasteiger partial charge on any atom is 0.235 e. The molecule has 0 aliphatic carbocycles. The van der Waals surface area contributed by atoms with Crippen LogP contribution >= 0.6 is 0 Å². The smallest absolute Gasteiger partial charge is 0.235 e. The molecule has 5 rings (SSSR count). The van der Waals surface area contributed by atoms with Crippen LogP contribution in [-0.4, -0.2) is 64.5 Å². The average Bonchev–Trinajstić information content (AvgIpc) is 3.40. The van der Waals surface area contributed by atoms with E-state index in [-0.39, 0.29) is 12.4 Å². The molecule has 0 amide bonds. The number of nitrogens with one attached hydrogen (secondary N) is 1. The molecule has 1 aromatic carbocycles. The summed E-state index contributed by atoms with van der Waals surface area (Å²) in [6.45, 7) is 1.18. The number of aryl methyl sites for hydroxylation is 1. The van der Waals surface area contributed by atoms with Crippen molar-refractivity contribution in [3.63, 3.8) is 0 Å². The van der Waals surface area contributed by atoms with E-state index < -0.39 is 16.1 Å². The lowest BCUT2D eigenvalue weighted by atomic mass is 10.1. The first-order valence-electron chi connectivity index (χ1n) is 10.1. The van der Waals surface area contributed by atoms with Crippen LogP contribution in [0.3, 0.4) is 0 Å². The molecule has 1 unspecified atom stereocenters. The van der Waals surface area contributed by atoms with Gasteiger partial charge in [-0.1, -0.05) is 12.1 Å². The lowest BCUT2D eigenvalue weighted by Crippen LogP contribution is -2.36. The lowest BCUT2D eigenvalue weighted by molar-refractivity contribution is -0.0781. The van der Waals surface area contributed by atoms with Crippen molar-refractivity contribution in [1.29, 1.82) is 0 Å². The van der Waals surface area contributed by atoms with Gasteiger partial charge in [0.2, 0.25) is 10.0 Å². The Morgan fingerprint density at radius 2 is 1.94 bits per heavy atom. The van der Waals surface area contributed by atoms with Crippen LogP contribution in [0, 0.1) is 0 Å². The number of ether oxygens (including phenoxy) is 2. The van der Waals surface area contributed by atoms with Crippen molar-refractivity contribution < 1.29 is 17.9 Å². The van der Waals surface area contributed by atoms with Gasteiger partial charge in [0.15, 0.2) is 0 Å². The highest BCUT2D eigenvalue weighted by Gasteiger charge is 2.22. The van der Waals surface area contributed by atoms with Gasteiger partial charge < -0.3 is 9.47 Å². The quantitative estimate of drug-likeness (QED) is 0.474. The number of rotatable bonds is 6. The molecule has 4 heterocycles. The Hall–Kier alpha value is -3.28. The summed E-state index contributed by atoms with van der Waals surface area (Å²) in [4.78, 5) is 4.45. The summed E-state index contributed by atoms with van der Waals surface area (Å²) in [5.74, 6) is -0.150. The fourth-order valence-corrected chi connectivity index (χ4v) is 4.94. The Kier molecular flexibility index (Phi) is 5.37. The Bertz CT molecular complexity index is 1340. The number of sulfonamides is 1. The van der Waals surface area contributed by atoms with Gasteiger partial charge in [-0.3, -0.25) is 9.40 Å². The van der Waals surface area contributed by atoms with E-state index in [0.717, 1.165) is 27.9 Å². The molecular formula is C21H22N6O4S. The van der Waals surface area contributed by atoms with E-state index in [1.54, 1.807) is 27.5 Å². The maximum absolute atomic E-state index is 12.5. The van der Waals surface area contributed by atoms with Gasteiger partial charge >= 0.3 is 0 Å². The van der Waals surface area contributed by atoms with Gasteiger partial charge in [0.25, 0.3) is 0 Å². The Morgan fingerprint density at radius 1 is 1.09 bits per heavy atom. The minimum absolute atomic E-state index is 0.150. The Balaban J connectivity index is 1.37. The summed E-state index contributed by atoms with van der Waals surface area (Å²) in [6, 6.07) is 9.10. The van der Waals surface area contributed by atoms with Crippen molar-refractivity contribution >= 4 is 21.2 Å². The predicted molar refractivity (Wildman–Crippen MR) is 119 cm³/mol. The first-order valence-corrected chi connectivity index (χ1v) is 11.7. The molecular weight excluding hydrogens is 432 g/mol. The van der Waals surface area contributed by atoms with Crippen LogP contribution in [0.2, 0.25) is 0 Å². The standard InChI is InChI=1S/C21H22N6O4S/c1-26-10-17(9-23-26)16-8-20-21(22-14-24-27(20)11-16)15-2-4-18(5-3-15)25-32(28,29)13-19-12-30-6-7-31-19/h2-5,8-11,14,19,25H,6-7,12-13H2,1H3. The zero-order valence-corrected chi connectivity index (χ0v) is 18.2. The number of fused-ring (bicyclic) bond motifs is 1. The minimum Gasteiger partial charge on any atom is -0.376 e. The maximum atomic E-state index is 12.5. The number of hydrogen-bond acceptors (Lipinski definition) is 7. The minimum atomic E-state index is -3.56. The monoisotopic (exact) mass is 454 g/mol. The van der Waals surface area contributed by atoms with E-state index in [1.165, 1.54) is 6.33 Å². The molecule has 0 spiro atoms. The molecule has 0 bridgehead atoms. The third kappa shape index (κ3) is 4.35. The van der Waals surface area contributed by atoms with Gasteiger partial charge in [0.1, 0.15) is 6.33 Å². The van der Waals surface area contributed by atoms with E-state index in [9.17, 15) is 8.42 Å². The summed E-state index contributed by atoms with van der Waals surface area (Å²) < 4.78 is 41.7. The average molecular weight is 455 g/mol. The van der Waals surface area contributed by atoms with Crippen molar-refractivity contribution in [2.24, 2.45) is 7.05 Å². The van der Waals surface area contributed by atoms with Crippen LogP contribution < -0.4 is 4.72 Å². The van der Waals surface area contributed by atoms with E-state index in [2.05, 4.69) is 19.9 Å². The third-order valence-electron chi connectivity index (χ3n) is 5.17. The first-order chi connectivity index (χ1) is 15.5. The van der Waals surface area contributed by atoms with E-state index in [0.29, 0.717) is 18.9 Å². The van der Waals surface area contributed by atoms with Crippen molar-refractivity contribution in [2.45, 2.75) is 6.10 Å². The largest absolute Gasteiger partial charge is 0.376 e. The molecule has 0 radical (unpaired) electrons. The molecule has 32 heavy (non-hydrogen) atoms. The molecule has 0 saturated carbocycles. The summed E-state index contributed by atoms with van der Waals surface area (Å²) in [7, 11) is -1.69. The second-order valence-corrected chi connectivity index (χ2v) is 9.37. The van der Waals surface area contributed by atoms with Crippen LogP contribution in [0.5, 0.6) is 0 Å². The van der Waals surface area contributed by atoms with Gasteiger partial charge in [0.05, 0.1) is 49.1 Å². The molecule has 1 saturated heterocycles. The van der Waals surface area contributed by atoms with Crippen LogP contribution in [0.4, 0.5) is 5.69 Å². The van der Waals surface area contributed by atoms with Gasteiger partial charge in [-0.2, -0.15) is 10.2 Å². The van der Waals surface area contributed by atoms with Gasteiger partial charge in [0, 0.05) is 41.8 Å². The summed E-state index contributed by atoms with van der Waals surface area (Å²) >= 11 is 0. The van der Waals surface area contributed by atoms with Crippen LogP contribution in [0.15, 0.2) is 55.2 Å². The topological polar surface area (TPSA) is 113 Å². The van der Waals surface area contributed by atoms with Crippen molar-refractivity contribution in [3.8, 4) is 22.4 Å². The number of nitrogens with zero attached hydrogens (tertiary/aromatic N) is 5. The molecule has 1 aliphatic rings. The van der Waals surface area contributed by atoms with Crippen molar-refractivity contribution in [2.75, 3.05) is 30.3 Å². The fourth-order valence-electron chi connectivity index (χ4n) is 3.68. The van der Waals surface area contributed by atoms with E-state index in [1.807, 2.05) is 37.6 Å². The van der Waals surface area contributed by atoms with E-state index in [4.69, 9.17) is 9.47 Å². The lowest BCUT2D eigenvalue weighted by Gasteiger charge is -2.22. The molecule has 10 nitrogen and oxygen atoms in total. The number of anilines is 1. The summed E-state index contributed by atoms with van der Waals surface area (Å²) in [6.07, 6.45) is 6.70. The second kappa shape index (κ2) is 8.34. The number of hydrogen-bond donors (Lipinski definition) is 1. The third-order valence-corrected chi connectivity index (χ3v) is 6.52.